The maximum atomic E-state index is 12.8. The van der Waals surface area contributed by atoms with Gasteiger partial charge in [-0.05, 0) is 42.5 Å². The lowest BCUT2D eigenvalue weighted by atomic mass is 10.1. The largest absolute Gasteiger partial charge is 0.316 e. The van der Waals surface area contributed by atoms with Gasteiger partial charge in [-0.2, -0.15) is 11.8 Å². The highest BCUT2D eigenvalue weighted by molar-refractivity contribution is 7.98. The number of thioether (sulfide) groups is 1. The van der Waals surface area contributed by atoms with Gasteiger partial charge in [0, 0.05) is 5.75 Å². The van der Waals surface area contributed by atoms with Crippen molar-refractivity contribution in [3.63, 3.8) is 0 Å². The van der Waals surface area contributed by atoms with Crippen molar-refractivity contribution >= 4 is 11.8 Å². The Morgan fingerprint density at radius 2 is 2.29 bits per heavy atom. The van der Waals surface area contributed by atoms with Gasteiger partial charge in [0.25, 0.3) is 0 Å². The minimum atomic E-state index is -0.131. The van der Waals surface area contributed by atoms with Crippen LogP contribution in [-0.4, -0.2) is 18.8 Å². The summed E-state index contributed by atoms with van der Waals surface area (Å²) in [4.78, 5) is 0. The molecule has 1 aromatic rings. The standard InChI is InChI=1S/C11H14FNS/c12-11-3-1-2-9(4-11)7-14-8-10-5-13-6-10/h1-4,10,13H,5-8H2. The van der Waals surface area contributed by atoms with E-state index in [0.29, 0.717) is 0 Å². The number of benzene rings is 1. The van der Waals surface area contributed by atoms with Crippen molar-refractivity contribution < 1.29 is 4.39 Å². The van der Waals surface area contributed by atoms with Gasteiger partial charge in [-0.15, -0.1) is 0 Å². The van der Waals surface area contributed by atoms with Gasteiger partial charge in [0.05, 0.1) is 0 Å². The second-order valence-corrected chi connectivity index (χ2v) is 4.70. The van der Waals surface area contributed by atoms with Crippen LogP contribution in [0.4, 0.5) is 4.39 Å². The topological polar surface area (TPSA) is 12.0 Å². The van der Waals surface area contributed by atoms with Gasteiger partial charge in [-0.1, -0.05) is 12.1 Å². The molecule has 3 heteroatoms. The zero-order valence-corrected chi connectivity index (χ0v) is 8.82. The molecule has 14 heavy (non-hydrogen) atoms. The van der Waals surface area contributed by atoms with E-state index in [9.17, 15) is 4.39 Å². The van der Waals surface area contributed by atoms with Gasteiger partial charge < -0.3 is 5.32 Å². The van der Waals surface area contributed by atoms with E-state index in [2.05, 4.69) is 5.32 Å². The summed E-state index contributed by atoms with van der Waals surface area (Å²) < 4.78 is 12.8. The molecule has 0 unspecified atom stereocenters. The van der Waals surface area contributed by atoms with E-state index in [1.807, 2.05) is 17.8 Å². The van der Waals surface area contributed by atoms with E-state index in [0.717, 1.165) is 30.3 Å². The third-order valence-corrected chi connectivity index (χ3v) is 3.62. The van der Waals surface area contributed by atoms with Crippen LogP contribution in [0.15, 0.2) is 24.3 Å². The number of nitrogens with one attached hydrogen (secondary N) is 1. The fraction of sp³-hybridized carbons (Fsp3) is 0.455. The van der Waals surface area contributed by atoms with Crippen LogP contribution in [0.1, 0.15) is 5.56 Å². The molecule has 0 aromatic heterocycles. The highest BCUT2D eigenvalue weighted by Gasteiger charge is 2.15. The van der Waals surface area contributed by atoms with Crippen molar-refractivity contribution in [1.29, 1.82) is 0 Å². The van der Waals surface area contributed by atoms with E-state index >= 15 is 0 Å². The Morgan fingerprint density at radius 3 is 2.93 bits per heavy atom. The first-order valence-corrected chi connectivity index (χ1v) is 6.03. The Kier molecular flexibility index (Phi) is 3.43. The van der Waals surface area contributed by atoms with Crippen LogP contribution in [0, 0.1) is 11.7 Å². The number of hydrogen-bond donors (Lipinski definition) is 1. The lowest BCUT2D eigenvalue weighted by Crippen LogP contribution is -2.43. The summed E-state index contributed by atoms with van der Waals surface area (Å²) in [7, 11) is 0. The van der Waals surface area contributed by atoms with E-state index in [1.165, 1.54) is 11.8 Å². The quantitative estimate of drug-likeness (QED) is 0.820. The van der Waals surface area contributed by atoms with E-state index < -0.39 is 0 Å². The molecule has 0 bridgehead atoms. The molecule has 0 saturated carbocycles. The van der Waals surface area contributed by atoms with Crippen molar-refractivity contribution in [3.8, 4) is 0 Å². The minimum Gasteiger partial charge on any atom is -0.316 e. The Bertz CT molecular complexity index is 299. The molecule has 0 radical (unpaired) electrons. The average Bonchev–Trinajstić information content (AvgIpc) is 2.09. The molecule has 1 aliphatic rings. The lowest BCUT2D eigenvalue weighted by Gasteiger charge is -2.26. The summed E-state index contributed by atoms with van der Waals surface area (Å²) in [5.74, 6) is 2.81. The fourth-order valence-electron chi connectivity index (χ4n) is 1.44. The summed E-state index contributed by atoms with van der Waals surface area (Å²) in [5.41, 5.74) is 1.09. The highest BCUT2D eigenvalue weighted by atomic mass is 32.2. The molecule has 1 aliphatic heterocycles. The van der Waals surface area contributed by atoms with Crippen LogP contribution in [0.2, 0.25) is 0 Å². The zero-order chi connectivity index (χ0) is 9.80. The molecule has 0 atom stereocenters. The van der Waals surface area contributed by atoms with Gasteiger partial charge in [0.15, 0.2) is 0 Å². The molecule has 1 N–H and O–H groups in total. The van der Waals surface area contributed by atoms with Crippen molar-refractivity contribution in [3.05, 3.63) is 35.6 Å². The van der Waals surface area contributed by atoms with Crippen molar-refractivity contribution in [2.24, 2.45) is 5.92 Å². The summed E-state index contributed by atoms with van der Waals surface area (Å²) in [6.45, 7) is 2.30. The fourth-order valence-corrected chi connectivity index (χ4v) is 2.54. The Hall–Kier alpha value is -0.540. The van der Waals surface area contributed by atoms with E-state index in [1.54, 1.807) is 12.1 Å². The average molecular weight is 211 g/mol. The Morgan fingerprint density at radius 1 is 1.43 bits per heavy atom. The molecule has 1 saturated heterocycles. The van der Waals surface area contributed by atoms with Crippen molar-refractivity contribution in [2.45, 2.75) is 5.75 Å². The second kappa shape index (κ2) is 4.80. The molecule has 1 aromatic carbocycles. The minimum absolute atomic E-state index is 0.131. The van der Waals surface area contributed by atoms with Crippen LogP contribution in [0.3, 0.4) is 0 Å². The van der Waals surface area contributed by atoms with Gasteiger partial charge in [-0.25, -0.2) is 4.39 Å². The maximum absolute atomic E-state index is 12.8. The van der Waals surface area contributed by atoms with Crippen LogP contribution in [0.25, 0.3) is 0 Å². The number of hydrogen-bond acceptors (Lipinski definition) is 2. The first-order valence-electron chi connectivity index (χ1n) is 4.87. The third-order valence-electron chi connectivity index (χ3n) is 2.38. The lowest BCUT2D eigenvalue weighted by molar-refractivity contribution is 0.385. The molecule has 2 rings (SSSR count). The number of halogens is 1. The first kappa shape index (κ1) is 9.99. The van der Waals surface area contributed by atoms with Crippen LogP contribution < -0.4 is 5.32 Å². The SMILES string of the molecule is Fc1cccc(CSCC2CNC2)c1. The highest BCUT2D eigenvalue weighted by Crippen LogP contribution is 2.17. The van der Waals surface area contributed by atoms with Crippen LogP contribution in [0.5, 0.6) is 0 Å². The third kappa shape index (κ3) is 2.72. The summed E-state index contributed by atoms with van der Waals surface area (Å²) in [6.07, 6.45) is 0. The Labute approximate surface area is 88.1 Å². The summed E-state index contributed by atoms with van der Waals surface area (Å²) >= 11 is 1.89. The molecular formula is C11H14FNS. The number of rotatable bonds is 4. The van der Waals surface area contributed by atoms with Gasteiger partial charge in [0.2, 0.25) is 0 Å². The molecule has 1 nitrogen and oxygen atoms in total. The predicted octanol–water partition coefficient (Wildman–Crippen LogP) is 2.28. The van der Waals surface area contributed by atoms with Crippen LogP contribution >= 0.6 is 11.8 Å². The summed E-state index contributed by atoms with van der Waals surface area (Å²) in [6, 6.07) is 6.86. The van der Waals surface area contributed by atoms with Gasteiger partial charge in [-0.3, -0.25) is 0 Å². The maximum Gasteiger partial charge on any atom is 0.123 e. The summed E-state index contributed by atoms with van der Waals surface area (Å²) in [5, 5.41) is 3.25. The van der Waals surface area contributed by atoms with Crippen molar-refractivity contribution in [1.82, 2.24) is 5.32 Å². The normalized spacial score (nSPS) is 16.6. The van der Waals surface area contributed by atoms with E-state index in [4.69, 9.17) is 0 Å². The van der Waals surface area contributed by atoms with Crippen LogP contribution in [-0.2, 0) is 5.75 Å². The smallest absolute Gasteiger partial charge is 0.123 e. The second-order valence-electron chi connectivity index (χ2n) is 3.67. The molecule has 0 amide bonds. The zero-order valence-electron chi connectivity index (χ0n) is 8.00. The Balaban J connectivity index is 1.74. The molecule has 0 aliphatic carbocycles. The van der Waals surface area contributed by atoms with Gasteiger partial charge in [0.1, 0.15) is 5.82 Å². The molecular weight excluding hydrogens is 197 g/mol. The monoisotopic (exact) mass is 211 g/mol. The first-order chi connectivity index (χ1) is 6.84. The molecule has 0 spiro atoms. The van der Waals surface area contributed by atoms with E-state index in [-0.39, 0.29) is 5.82 Å². The molecule has 1 fully saturated rings. The molecule has 76 valence electrons. The molecule has 1 heterocycles. The van der Waals surface area contributed by atoms with Crippen molar-refractivity contribution in [2.75, 3.05) is 18.8 Å². The predicted molar refractivity (Wildman–Crippen MR) is 58.9 cm³/mol. The van der Waals surface area contributed by atoms with Gasteiger partial charge >= 0.3 is 0 Å².